The molecule has 1 aliphatic heterocycles. The topological polar surface area (TPSA) is 20.3 Å². The van der Waals surface area contributed by atoms with E-state index in [1.54, 1.807) is 6.07 Å². The molecule has 162 valence electrons. The number of halogens is 1. The van der Waals surface area contributed by atoms with E-state index in [0.717, 1.165) is 23.1 Å². The fourth-order valence-electron chi connectivity index (χ4n) is 5.37. The summed E-state index contributed by atoms with van der Waals surface area (Å²) in [6.45, 7) is 4.68. The van der Waals surface area contributed by atoms with Crippen molar-refractivity contribution in [2.45, 2.75) is 32.9 Å². The molecule has 1 aliphatic carbocycles. The van der Waals surface area contributed by atoms with Crippen molar-refractivity contribution in [2.24, 2.45) is 17.8 Å². The number of benzene rings is 3. The van der Waals surface area contributed by atoms with Gasteiger partial charge < -0.3 is 4.90 Å². The molecular formula is C29H28FNO. The number of fused-ring (bicyclic) bond motifs is 1. The lowest BCUT2D eigenvalue weighted by atomic mass is 9.75. The molecule has 3 aromatic carbocycles. The molecule has 0 aromatic heterocycles. The maximum atomic E-state index is 15.6. The van der Waals surface area contributed by atoms with Gasteiger partial charge in [0.15, 0.2) is 0 Å². The normalized spacial score (nSPS) is 24.6. The van der Waals surface area contributed by atoms with Crippen molar-refractivity contribution in [1.29, 1.82) is 0 Å². The molecule has 0 saturated carbocycles. The van der Waals surface area contributed by atoms with Crippen LogP contribution in [0.4, 0.5) is 4.39 Å². The minimum Gasteiger partial charge on any atom is -0.330 e. The van der Waals surface area contributed by atoms with Crippen LogP contribution in [0.3, 0.4) is 0 Å². The van der Waals surface area contributed by atoms with E-state index >= 15 is 4.39 Å². The lowest BCUT2D eigenvalue weighted by molar-refractivity contribution is -0.134. The molecule has 0 radical (unpaired) electrons. The van der Waals surface area contributed by atoms with Crippen molar-refractivity contribution in [3.8, 4) is 11.1 Å². The highest BCUT2D eigenvalue weighted by Gasteiger charge is 2.50. The molecule has 3 aromatic rings. The van der Waals surface area contributed by atoms with E-state index in [-0.39, 0.29) is 35.5 Å². The van der Waals surface area contributed by atoms with Crippen molar-refractivity contribution in [1.82, 2.24) is 4.90 Å². The van der Waals surface area contributed by atoms with Crippen LogP contribution in [0.15, 0.2) is 84.9 Å². The van der Waals surface area contributed by atoms with E-state index in [2.05, 4.69) is 19.1 Å². The first kappa shape index (κ1) is 20.7. The van der Waals surface area contributed by atoms with Crippen molar-refractivity contribution in [2.75, 3.05) is 0 Å². The van der Waals surface area contributed by atoms with Crippen LogP contribution in [0.25, 0.3) is 11.1 Å². The fourth-order valence-corrected chi connectivity index (χ4v) is 5.37. The summed E-state index contributed by atoms with van der Waals surface area (Å²) in [5.74, 6) is 0.0594. The zero-order valence-corrected chi connectivity index (χ0v) is 18.5. The van der Waals surface area contributed by atoms with Crippen LogP contribution in [-0.4, -0.2) is 10.8 Å². The summed E-state index contributed by atoms with van der Waals surface area (Å²) in [5.41, 5.74) is 4.70. The van der Waals surface area contributed by atoms with Crippen LogP contribution < -0.4 is 0 Å². The molecule has 0 N–H and O–H groups in total. The molecule has 2 aliphatic rings. The summed E-state index contributed by atoms with van der Waals surface area (Å²) in [7, 11) is 0. The van der Waals surface area contributed by atoms with Gasteiger partial charge >= 0.3 is 0 Å². The summed E-state index contributed by atoms with van der Waals surface area (Å²) < 4.78 is 15.6. The first-order valence-corrected chi connectivity index (χ1v) is 11.4. The zero-order chi connectivity index (χ0) is 22.2. The Morgan fingerprint density at radius 1 is 0.969 bits per heavy atom. The Morgan fingerprint density at radius 3 is 2.41 bits per heavy atom. The van der Waals surface area contributed by atoms with Gasteiger partial charge in [-0.3, -0.25) is 4.79 Å². The van der Waals surface area contributed by atoms with Crippen LogP contribution in [0.5, 0.6) is 0 Å². The Kier molecular flexibility index (Phi) is 5.42. The van der Waals surface area contributed by atoms with Gasteiger partial charge in [-0.2, -0.15) is 0 Å². The van der Waals surface area contributed by atoms with Crippen LogP contribution in [0.2, 0.25) is 0 Å². The largest absolute Gasteiger partial charge is 0.330 e. The Morgan fingerprint density at radius 2 is 1.69 bits per heavy atom. The van der Waals surface area contributed by atoms with Gasteiger partial charge in [0.2, 0.25) is 5.91 Å². The first-order valence-electron chi connectivity index (χ1n) is 11.4. The number of carbonyl (C=O) groups excluding carboxylic acids is 1. The Labute approximate surface area is 189 Å². The molecule has 3 heteroatoms. The first-order chi connectivity index (χ1) is 15.5. The lowest BCUT2D eigenvalue weighted by Crippen LogP contribution is -2.31. The highest BCUT2D eigenvalue weighted by atomic mass is 19.1. The summed E-state index contributed by atoms with van der Waals surface area (Å²) in [5, 5.41) is 0. The van der Waals surface area contributed by atoms with Gasteiger partial charge in [-0.25, -0.2) is 4.39 Å². The third kappa shape index (κ3) is 3.66. The maximum absolute atomic E-state index is 15.6. The van der Waals surface area contributed by atoms with Crippen LogP contribution in [-0.2, 0) is 11.3 Å². The van der Waals surface area contributed by atoms with Gasteiger partial charge in [-0.1, -0.05) is 91.4 Å². The molecule has 1 amide bonds. The number of hydrogen-bond donors (Lipinski definition) is 0. The SMILES string of the molecule is Cc1ccc(-c2ccc([C@H]3[C@@H]4C=CC[C@H](C)[C@H]4C(=O)N3Cc3ccccc3)c(F)c2)cc1. The summed E-state index contributed by atoms with van der Waals surface area (Å²) in [6.07, 6.45) is 5.20. The standard InChI is InChI=1S/C29H28FNO/c1-19-11-13-22(14-12-19)23-15-16-24(26(30)17-23)28-25-10-6-7-20(2)27(25)29(32)31(28)18-21-8-4-3-5-9-21/h3-6,8-17,20,25,27-28H,7,18H2,1-2H3/t20-,25+,27+,28-/m0/s1. The molecule has 0 unspecified atom stereocenters. The minimum atomic E-state index is -0.293. The second-order valence-electron chi connectivity index (χ2n) is 9.24. The second kappa shape index (κ2) is 8.38. The van der Waals surface area contributed by atoms with Gasteiger partial charge in [0.1, 0.15) is 5.82 Å². The fraction of sp³-hybridized carbons (Fsp3) is 0.276. The predicted molar refractivity (Wildman–Crippen MR) is 126 cm³/mol. The monoisotopic (exact) mass is 425 g/mol. The van der Waals surface area contributed by atoms with Crippen molar-refractivity contribution in [3.63, 3.8) is 0 Å². The van der Waals surface area contributed by atoms with Gasteiger partial charge in [-0.15, -0.1) is 0 Å². The van der Waals surface area contributed by atoms with E-state index in [1.165, 1.54) is 5.56 Å². The van der Waals surface area contributed by atoms with Crippen molar-refractivity contribution in [3.05, 3.63) is 107 Å². The number of nitrogens with zero attached hydrogens (tertiary/aromatic N) is 1. The molecule has 1 heterocycles. The molecule has 32 heavy (non-hydrogen) atoms. The summed E-state index contributed by atoms with van der Waals surface area (Å²) >= 11 is 0. The Bertz CT molecular complexity index is 1150. The number of allylic oxidation sites excluding steroid dienone is 1. The molecule has 4 atom stereocenters. The van der Waals surface area contributed by atoms with E-state index in [1.807, 2.05) is 78.6 Å². The Balaban J connectivity index is 1.55. The highest BCUT2D eigenvalue weighted by Crippen LogP contribution is 2.49. The number of rotatable bonds is 4. The maximum Gasteiger partial charge on any atom is 0.227 e. The van der Waals surface area contributed by atoms with Crippen LogP contribution in [0.1, 0.15) is 36.1 Å². The average molecular weight is 426 g/mol. The Hall–Kier alpha value is -3.20. The van der Waals surface area contributed by atoms with Crippen molar-refractivity contribution < 1.29 is 9.18 Å². The molecule has 1 fully saturated rings. The molecule has 5 rings (SSSR count). The smallest absolute Gasteiger partial charge is 0.227 e. The van der Waals surface area contributed by atoms with Crippen LogP contribution >= 0.6 is 0 Å². The van der Waals surface area contributed by atoms with Gasteiger partial charge in [0.25, 0.3) is 0 Å². The van der Waals surface area contributed by atoms with E-state index in [4.69, 9.17) is 0 Å². The minimum absolute atomic E-state index is 0.00492. The molecule has 2 nitrogen and oxygen atoms in total. The number of likely N-dealkylation sites (tertiary alicyclic amines) is 1. The third-order valence-corrected chi connectivity index (χ3v) is 7.06. The lowest BCUT2D eigenvalue weighted by Gasteiger charge is -2.30. The number of aryl methyl sites for hydroxylation is 1. The van der Waals surface area contributed by atoms with Crippen LogP contribution in [0, 0.1) is 30.5 Å². The van der Waals surface area contributed by atoms with Gasteiger partial charge in [0, 0.05) is 23.9 Å². The third-order valence-electron chi connectivity index (χ3n) is 7.06. The van der Waals surface area contributed by atoms with E-state index < -0.39 is 0 Å². The zero-order valence-electron chi connectivity index (χ0n) is 18.5. The molecule has 0 bridgehead atoms. The molecule has 1 saturated heterocycles. The highest BCUT2D eigenvalue weighted by molar-refractivity contribution is 5.83. The summed E-state index contributed by atoms with van der Waals surface area (Å²) in [6, 6.07) is 23.3. The quantitative estimate of drug-likeness (QED) is 0.425. The van der Waals surface area contributed by atoms with Crippen molar-refractivity contribution >= 4 is 5.91 Å². The van der Waals surface area contributed by atoms with E-state index in [9.17, 15) is 4.79 Å². The van der Waals surface area contributed by atoms with Gasteiger partial charge in [0.05, 0.1) is 6.04 Å². The summed E-state index contributed by atoms with van der Waals surface area (Å²) in [4.78, 5) is 15.4. The average Bonchev–Trinajstić information content (AvgIpc) is 3.07. The second-order valence-corrected chi connectivity index (χ2v) is 9.24. The number of carbonyl (C=O) groups is 1. The number of hydrogen-bond acceptors (Lipinski definition) is 1. The van der Waals surface area contributed by atoms with Gasteiger partial charge in [-0.05, 0) is 42.0 Å². The molecule has 0 spiro atoms. The molecular weight excluding hydrogens is 397 g/mol. The predicted octanol–water partition coefficient (Wildman–Crippen LogP) is 6.71. The number of amides is 1. The van der Waals surface area contributed by atoms with E-state index in [0.29, 0.717) is 12.1 Å².